The molecule has 0 spiro atoms. The number of carbonyl (C=O) groups is 1. The molecule has 0 atom stereocenters. The van der Waals surface area contributed by atoms with E-state index in [2.05, 4.69) is 15.3 Å². The molecule has 1 saturated heterocycles. The van der Waals surface area contributed by atoms with Gasteiger partial charge in [0.2, 0.25) is 5.95 Å². The molecule has 0 saturated carbocycles. The Morgan fingerprint density at radius 1 is 1.17 bits per heavy atom. The number of nitrogens with one attached hydrogen (secondary N) is 1. The van der Waals surface area contributed by atoms with E-state index in [9.17, 15) is 4.79 Å². The lowest BCUT2D eigenvalue weighted by Gasteiger charge is -2.19. The highest BCUT2D eigenvalue weighted by atomic mass is 35.5. The lowest BCUT2D eigenvalue weighted by Crippen LogP contribution is -2.32. The van der Waals surface area contributed by atoms with Crippen molar-refractivity contribution in [1.82, 2.24) is 14.9 Å². The smallest absolute Gasteiger partial charge is 0.272 e. The lowest BCUT2D eigenvalue weighted by molar-refractivity contribution is 0.0755. The minimum atomic E-state index is -0.0230. The molecule has 1 amide bonds. The number of rotatable bonds is 3. The van der Waals surface area contributed by atoms with Crippen molar-refractivity contribution in [2.24, 2.45) is 0 Å². The topological polar surface area (TPSA) is 58.1 Å². The van der Waals surface area contributed by atoms with Gasteiger partial charge in [0, 0.05) is 30.0 Å². The highest BCUT2D eigenvalue weighted by Crippen LogP contribution is 2.22. The average molecular weight is 345 g/mol. The van der Waals surface area contributed by atoms with Gasteiger partial charge in [-0.25, -0.2) is 9.97 Å². The van der Waals surface area contributed by atoms with E-state index in [1.807, 2.05) is 30.0 Å². The summed E-state index contributed by atoms with van der Waals surface area (Å²) in [7, 11) is 0. The molecular formula is C18H21ClN4O. The second-order valence-corrected chi connectivity index (χ2v) is 6.49. The molecule has 2 aromatic rings. The molecule has 24 heavy (non-hydrogen) atoms. The van der Waals surface area contributed by atoms with Gasteiger partial charge in [-0.2, -0.15) is 0 Å². The molecule has 1 aliphatic heterocycles. The highest BCUT2D eigenvalue weighted by Gasteiger charge is 2.19. The Balaban J connectivity index is 1.78. The molecule has 126 valence electrons. The van der Waals surface area contributed by atoms with Crippen LogP contribution in [-0.4, -0.2) is 33.9 Å². The van der Waals surface area contributed by atoms with Gasteiger partial charge in [0.1, 0.15) is 5.69 Å². The quantitative estimate of drug-likeness (QED) is 0.906. The summed E-state index contributed by atoms with van der Waals surface area (Å²) in [6.45, 7) is 3.59. The van der Waals surface area contributed by atoms with Crippen molar-refractivity contribution in [1.29, 1.82) is 0 Å². The maximum atomic E-state index is 12.7. The Kier molecular flexibility index (Phi) is 5.30. The number of hydrogen-bond acceptors (Lipinski definition) is 4. The van der Waals surface area contributed by atoms with Crippen LogP contribution in [0.4, 0.5) is 11.6 Å². The van der Waals surface area contributed by atoms with E-state index in [0.717, 1.165) is 37.2 Å². The Morgan fingerprint density at radius 3 is 2.67 bits per heavy atom. The summed E-state index contributed by atoms with van der Waals surface area (Å²) in [5, 5.41) is 3.78. The molecule has 0 unspecified atom stereocenters. The summed E-state index contributed by atoms with van der Waals surface area (Å²) in [6, 6.07) is 7.26. The molecule has 0 bridgehead atoms. The van der Waals surface area contributed by atoms with Crippen molar-refractivity contribution in [2.45, 2.75) is 32.6 Å². The van der Waals surface area contributed by atoms with Gasteiger partial charge in [-0.1, -0.05) is 30.5 Å². The number of halogens is 1. The molecule has 1 aromatic carbocycles. The summed E-state index contributed by atoms with van der Waals surface area (Å²) >= 11 is 6.04. The fourth-order valence-electron chi connectivity index (χ4n) is 2.82. The van der Waals surface area contributed by atoms with Gasteiger partial charge in [0.05, 0.1) is 0 Å². The molecule has 6 heteroatoms. The van der Waals surface area contributed by atoms with Gasteiger partial charge in [-0.05, 0) is 43.5 Å². The third kappa shape index (κ3) is 4.03. The summed E-state index contributed by atoms with van der Waals surface area (Å²) in [5.41, 5.74) is 2.29. The van der Waals surface area contributed by atoms with Crippen LogP contribution in [0.5, 0.6) is 0 Å². The van der Waals surface area contributed by atoms with E-state index in [1.54, 1.807) is 12.3 Å². The largest absolute Gasteiger partial charge is 0.337 e. The first kappa shape index (κ1) is 16.7. The van der Waals surface area contributed by atoms with Crippen LogP contribution in [0.25, 0.3) is 0 Å². The summed E-state index contributed by atoms with van der Waals surface area (Å²) in [4.78, 5) is 23.2. The van der Waals surface area contributed by atoms with Crippen LogP contribution in [0, 0.1) is 6.92 Å². The van der Waals surface area contributed by atoms with Crippen LogP contribution in [-0.2, 0) is 0 Å². The van der Waals surface area contributed by atoms with Crippen molar-refractivity contribution in [3.8, 4) is 0 Å². The third-order valence-corrected chi connectivity index (χ3v) is 4.45. The van der Waals surface area contributed by atoms with Crippen molar-refractivity contribution < 1.29 is 4.79 Å². The summed E-state index contributed by atoms with van der Waals surface area (Å²) in [5.74, 6) is 0.381. The van der Waals surface area contributed by atoms with E-state index < -0.39 is 0 Å². The Bertz CT molecular complexity index is 727. The summed E-state index contributed by atoms with van der Waals surface area (Å²) < 4.78 is 0. The number of likely N-dealkylation sites (tertiary alicyclic amines) is 1. The molecular weight excluding hydrogens is 324 g/mol. The third-order valence-electron chi connectivity index (χ3n) is 4.21. The molecule has 1 fully saturated rings. The van der Waals surface area contributed by atoms with Gasteiger partial charge in [0.25, 0.3) is 5.91 Å². The van der Waals surface area contributed by atoms with Gasteiger partial charge in [-0.3, -0.25) is 4.79 Å². The summed E-state index contributed by atoms with van der Waals surface area (Å²) in [6.07, 6.45) is 6.11. The molecule has 2 heterocycles. The molecule has 0 radical (unpaired) electrons. The number of benzene rings is 1. The minimum Gasteiger partial charge on any atom is -0.337 e. The first-order valence-electron chi connectivity index (χ1n) is 8.29. The van der Waals surface area contributed by atoms with E-state index in [0.29, 0.717) is 16.7 Å². The van der Waals surface area contributed by atoms with Crippen molar-refractivity contribution in [3.63, 3.8) is 0 Å². The number of aromatic nitrogens is 2. The van der Waals surface area contributed by atoms with Crippen molar-refractivity contribution in [3.05, 3.63) is 46.7 Å². The van der Waals surface area contributed by atoms with Crippen LogP contribution in [0.1, 0.15) is 41.7 Å². The van der Waals surface area contributed by atoms with Crippen molar-refractivity contribution >= 4 is 29.1 Å². The second kappa shape index (κ2) is 7.62. The van der Waals surface area contributed by atoms with Crippen LogP contribution < -0.4 is 5.32 Å². The number of aryl methyl sites for hydroxylation is 1. The fraction of sp³-hybridized carbons (Fsp3) is 0.389. The normalized spacial score (nSPS) is 15.0. The van der Waals surface area contributed by atoms with Crippen LogP contribution in [0.2, 0.25) is 5.02 Å². The maximum absolute atomic E-state index is 12.7. The van der Waals surface area contributed by atoms with E-state index in [-0.39, 0.29) is 5.91 Å². The average Bonchev–Trinajstić information content (AvgIpc) is 2.87. The Morgan fingerprint density at radius 2 is 1.92 bits per heavy atom. The van der Waals surface area contributed by atoms with Crippen LogP contribution in [0.3, 0.4) is 0 Å². The first-order chi connectivity index (χ1) is 11.6. The van der Waals surface area contributed by atoms with Crippen LogP contribution >= 0.6 is 11.6 Å². The Hall–Kier alpha value is -2.14. The number of anilines is 2. The highest BCUT2D eigenvalue weighted by molar-refractivity contribution is 6.30. The molecule has 1 N–H and O–H groups in total. The van der Waals surface area contributed by atoms with E-state index >= 15 is 0 Å². The number of nitrogens with zero attached hydrogens (tertiary/aromatic N) is 3. The molecule has 5 nitrogen and oxygen atoms in total. The zero-order valence-corrected chi connectivity index (χ0v) is 14.5. The van der Waals surface area contributed by atoms with Crippen LogP contribution in [0.15, 0.2) is 30.5 Å². The zero-order chi connectivity index (χ0) is 16.9. The van der Waals surface area contributed by atoms with Gasteiger partial charge >= 0.3 is 0 Å². The predicted octanol–water partition coefficient (Wildman–Crippen LogP) is 4.20. The number of hydrogen-bond donors (Lipinski definition) is 1. The number of amides is 1. The monoisotopic (exact) mass is 344 g/mol. The van der Waals surface area contributed by atoms with Gasteiger partial charge in [0.15, 0.2) is 0 Å². The molecule has 1 aliphatic rings. The maximum Gasteiger partial charge on any atom is 0.272 e. The SMILES string of the molecule is Cc1ccc(Cl)cc1Nc1nccc(C(=O)N2CCCCCC2)n1. The first-order valence-corrected chi connectivity index (χ1v) is 8.67. The van der Waals surface area contributed by atoms with E-state index in [4.69, 9.17) is 11.6 Å². The standard InChI is InChI=1S/C18H21ClN4O/c1-13-6-7-14(19)12-16(13)22-18-20-9-8-15(21-18)17(24)23-10-4-2-3-5-11-23/h6-9,12H,2-5,10-11H2,1H3,(H,20,21,22). The zero-order valence-electron chi connectivity index (χ0n) is 13.8. The molecule has 1 aromatic heterocycles. The predicted molar refractivity (Wildman–Crippen MR) is 95.9 cm³/mol. The van der Waals surface area contributed by atoms with Crippen molar-refractivity contribution in [2.75, 3.05) is 18.4 Å². The van der Waals surface area contributed by atoms with E-state index in [1.165, 1.54) is 12.8 Å². The molecule has 3 rings (SSSR count). The fourth-order valence-corrected chi connectivity index (χ4v) is 3.00. The Labute approximate surface area is 147 Å². The van der Waals surface area contributed by atoms with Gasteiger partial charge in [-0.15, -0.1) is 0 Å². The minimum absolute atomic E-state index is 0.0230. The lowest BCUT2D eigenvalue weighted by atomic mass is 10.2. The second-order valence-electron chi connectivity index (χ2n) is 6.06. The van der Waals surface area contributed by atoms with Gasteiger partial charge < -0.3 is 10.2 Å². The number of carbonyl (C=O) groups excluding carboxylic acids is 1. The molecule has 0 aliphatic carbocycles.